The van der Waals surface area contributed by atoms with Gasteiger partial charge in [-0.1, -0.05) is 65.7 Å². The lowest BCUT2D eigenvalue weighted by atomic mass is 10.1. The van der Waals surface area contributed by atoms with Gasteiger partial charge in [0, 0.05) is 10.7 Å². The Balaban J connectivity index is 1.85. The first kappa shape index (κ1) is 21.0. The number of benzene rings is 3. The van der Waals surface area contributed by atoms with Crippen molar-refractivity contribution in [3.05, 3.63) is 95.0 Å². The SMILES string of the molecule is Cc1ccc(S(=O)(=O)N[C@@H](Cc2ccccc2)C(=O)Nc2cccc(Cl)c2)cc1. The zero-order valence-electron chi connectivity index (χ0n) is 15.8. The van der Waals surface area contributed by atoms with Gasteiger partial charge < -0.3 is 5.32 Å². The molecule has 0 saturated carbocycles. The Morgan fingerprint density at radius 2 is 1.66 bits per heavy atom. The van der Waals surface area contributed by atoms with Gasteiger partial charge in [0.1, 0.15) is 6.04 Å². The number of halogens is 1. The number of amides is 1. The smallest absolute Gasteiger partial charge is 0.242 e. The Labute approximate surface area is 175 Å². The van der Waals surface area contributed by atoms with Gasteiger partial charge in [-0.3, -0.25) is 4.79 Å². The second-order valence-corrected chi connectivity index (χ2v) is 8.83. The quantitative estimate of drug-likeness (QED) is 0.592. The summed E-state index contributed by atoms with van der Waals surface area (Å²) in [6.07, 6.45) is 0.207. The zero-order chi connectivity index (χ0) is 20.9. The van der Waals surface area contributed by atoms with Gasteiger partial charge in [0.2, 0.25) is 15.9 Å². The molecular weight excluding hydrogens is 408 g/mol. The van der Waals surface area contributed by atoms with Gasteiger partial charge in [0.05, 0.1) is 4.90 Å². The number of anilines is 1. The molecule has 5 nitrogen and oxygen atoms in total. The normalized spacial score (nSPS) is 12.3. The first-order valence-corrected chi connectivity index (χ1v) is 10.9. The Morgan fingerprint density at radius 3 is 2.31 bits per heavy atom. The molecule has 7 heteroatoms. The van der Waals surface area contributed by atoms with Crippen molar-refractivity contribution in [2.75, 3.05) is 5.32 Å². The molecule has 3 aromatic carbocycles. The van der Waals surface area contributed by atoms with Crippen LogP contribution in [-0.2, 0) is 21.2 Å². The van der Waals surface area contributed by atoms with Crippen molar-refractivity contribution < 1.29 is 13.2 Å². The molecule has 1 atom stereocenters. The highest BCUT2D eigenvalue weighted by atomic mass is 35.5. The van der Waals surface area contributed by atoms with Gasteiger partial charge in [-0.25, -0.2) is 8.42 Å². The minimum Gasteiger partial charge on any atom is -0.325 e. The molecule has 3 aromatic rings. The molecule has 3 rings (SSSR count). The lowest BCUT2D eigenvalue weighted by Gasteiger charge is -2.19. The number of rotatable bonds is 7. The van der Waals surface area contributed by atoms with Crippen molar-refractivity contribution in [1.82, 2.24) is 4.72 Å². The Hall–Kier alpha value is -2.67. The second-order valence-electron chi connectivity index (χ2n) is 6.68. The first-order valence-electron chi connectivity index (χ1n) is 9.03. The van der Waals surface area contributed by atoms with E-state index in [4.69, 9.17) is 11.6 Å². The highest BCUT2D eigenvalue weighted by molar-refractivity contribution is 7.89. The van der Waals surface area contributed by atoms with Crippen molar-refractivity contribution in [1.29, 1.82) is 0 Å². The van der Waals surface area contributed by atoms with Crippen LogP contribution in [0.25, 0.3) is 0 Å². The van der Waals surface area contributed by atoms with Crippen LogP contribution in [0, 0.1) is 6.92 Å². The summed E-state index contributed by atoms with van der Waals surface area (Å²) in [7, 11) is -3.88. The lowest BCUT2D eigenvalue weighted by Crippen LogP contribution is -2.45. The van der Waals surface area contributed by atoms with Crippen LogP contribution < -0.4 is 10.0 Å². The van der Waals surface area contributed by atoms with Gasteiger partial charge in [0.15, 0.2) is 0 Å². The monoisotopic (exact) mass is 428 g/mol. The van der Waals surface area contributed by atoms with E-state index in [0.29, 0.717) is 10.7 Å². The number of hydrogen-bond acceptors (Lipinski definition) is 3. The van der Waals surface area contributed by atoms with Crippen LogP contribution in [0.5, 0.6) is 0 Å². The molecular formula is C22H21ClN2O3S. The molecule has 0 aliphatic carbocycles. The molecule has 0 heterocycles. The van der Waals surface area contributed by atoms with E-state index in [1.54, 1.807) is 36.4 Å². The summed E-state index contributed by atoms with van der Waals surface area (Å²) in [6.45, 7) is 1.88. The summed E-state index contributed by atoms with van der Waals surface area (Å²) in [4.78, 5) is 13.0. The van der Waals surface area contributed by atoms with Crippen LogP contribution in [0.1, 0.15) is 11.1 Å². The Bertz CT molecular complexity index is 1080. The van der Waals surface area contributed by atoms with Crippen molar-refractivity contribution >= 4 is 33.2 Å². The third kappa shape index (κ3) is 5.90. The van der Waals surface area contributed by atoms with Gasteiger partial charge in [-0.15, -0.1) is 0 Å². The highest BCUT2D eigenvalue weighted by Gasteiger charge is 2.26. The number of aryl methyl sites for hydroxylation is 1. The molecule has 0 fully saturated rings. The third-order valence-corrected chi connectivity index (χ3v) is 6.04. The fourth-order valence-electron chi connectivity index (χ4n) is 2.81. The summed E-state index contributed by atoms with van der Waals surface area (Å²) in [5.41, 5.74) is 2.28. The van der Waals surface area contributed by atoms with Crippen LogP contribution in [0.15, 0.2) is 83.8 Å². The summed E-state index contributed by atoms with van der Waals surface area (Å²) in [6, 6.07) is 21.4. The Morgan fingerprint density at radius 1 is 0.966 bits per heavy atom. The minimum atomic E-state index is -3.88. The number of sulfonamides is 1. The molecule has 150 valence electrons. The summed E-state index contributed by atoms with van der Waals surface area (Å²) < 4.78 is 28.2. The summed E-state index contributed by atoms with van der Waals surface area (Å²) in [5.74, 6) is -0.466. The molecule has 1 amide bonds. The first-order chi connectivity index (χ1) is 13.8. The fourth-order valence-corrected chi connectivity index (χ4v) is 4.19. The minimum absolute atomic E-state index is 0.108. The zero-order valence-corrected chi connectivity index (χ0v) is 17.4. The van der Waals surface area contributed by atoms with Crippen LogP contribution in [0.2, 0.25) is 5.02 Å². The number of nitrogens with one attached hydrogen (secondary N) is 2. The third-order valence-electron chi connectivity index (χ3n) is 4.32. The van der Waals surface area contributed by atoms with E-state index in [0.717, 1.165) is 11.1 Å². The molecule has 0 bridgehead atoms. The van der Waals surface area contributed by atoms with E-state index in [2.05, 4.69) is 10.0 Å². The fraction of sp³-hybridized carbons (Fsp3) is 0.136. The average molecular weight is 429 g/mol. The van der Waals surface area contributed by atoms with Crippen LogP contribution in [0.4, 0.5) is 5.69 Å². The van der Waals surface area contributed by atoms with Crippen LogP contribution in [0.3, 0.4) is 0 Å². The van der Waals surface area contributed by atoms with Crippen LogP contribution in [-0.4, -0.2) is 20.4 Å². The summed E-state index contributed by atoms with van der Waals surface area (Å²) >= 11 is 5.97. The number of carbonyl (C=O) groups excluding carboxylic acids is 1. The molecule has 29 heavy (non-hydrogen) atoms. The number of hydrogen-bond donors (Lipinski definition) is 2. The lowest BCUT2D eigenvalue weighted by molar-refractivity contribution is -0.117. The van der Waals surface area contributed by atoms with Crippen LogP contribution >= 0.6 is 11.6 Å². The maximum Gasteiger partial charge on any atom is 0.242 e. The topological polar surface area (TPSA) is 75.3 Å². The highest BCUT2D eigenvalue weighted by Crippen LogP contribution is 2.17. The van der Waals surface area contributed by atoms with E-state index < -0.39 is 22.0 Å². The standard InChI is InChI=1S/C22H21ClN2O3S/c1-16-10-12-20(13-11-16)29(27,28)25-21(14-17-6-3-2-4-7-17)22(26)24-19-9-5-8-18(23)15-19/h2-13,15,21,25H,14H2,1H3,(H,24,26)/t21-/m0/s1. The van der Waals surface area contributed by atoms with Crippen molar-refractivity contribution in [2.24, 2.45) is 0 Å². The molecule has 0 saturated heterocycles. The molecule has 0 unspecified atom stereocenters. The molecule has 2 N–H and O–H groups in total. The van der Waals surface area contributed by atoms with E-state index in [-0.39, 0.29) is 11.3 Å². The Kier molecular flexibility index (Phi) is 6.69. The largest absolute Gasteiger partial charge is 0.325 e. The van der Waals surface area contributed by atoms with Crippen molar-refractivity contribution in [3.8, 4) is 0 Å². The molecule has 0 aliphatic heterocycles. The van der Waals surface area contributed by atoms with Gasteiger partial charge in [-0.05, 0) is 49.2 Å². The van der Waals surface area contributed by atoms with Crippen molar-refractivity contribution in [2.45, 2.75) is 24.3 Å². The predicted molar refractivity (Wildman–Crippen MR) is 116 cm³/mol. The molecule has 0 aromatic heterocycles. The van der Waals surface area contributed by atoms with E-state index in [1.807, 2.05) is 37.3 Å². The second kappa shape index (κ2) is 9.22. The van der Waals surface area contributed by atoms with Gasteiger partial charge in [0.25, 0.3) is 0 Å². The van der Waals surface area contributed by atoms with E-state index in [1.165, 1.54) is 12.1 Å². The maximum absolute atomic E-state index is 12.9. The van der Waals surface area contributed by atoms with E-state index >= 15 is 0 Å². The van der Waals surface area contributed by atoms with E-state index in [9.17, 15) is 13.2 Å². The maximum atomic E-state index is 12.9. The van der Waals surface area contributed by atoms with Gasteiger partial charge >= 0.3 is 0 Å². The molecule has 0 spiro atoms. The molecule has 0 aliphatic rings. The number of carbonyl (C=O) groups is 1. The summed E-state index contributed by atoms with van der Waals surface area (Å²) in [5, 5.41) is 3.21. The van der Waals surface area contributed by atoms with Crippen molar-refractivity contribution in [3.63, 3.8) is 0 Å². The van der Waals surface area contributed by atoms with Gasteiger partial charge in [-0.2, -0.15) is 4.72 Å². The molecule has 0 radical (unpaired) electrons. The predicted octanol–water partition coefficient (Wildman–Crippen LogP) is 4.18. The average Bonchev–Trinajstić information content (AvgIpc) is 2.68.